The Hall–Kier alpha value is -2.95. The van der Waals surface area contributed by atoms with E-state index in [0.717, 1.165) is 19.0 Å². The van der Waals surface area contributed by atoms with Crippen LogP contribution in [-0.2, 0) is 0 Å². The van der Waals surface area contributed by atoms with E-state index in [0.29, 0.717) is 0 Å². The minimum atomic E-state index is -1.81. The molecule has 0 unspecified atom stereocenters. The van der Waals surface area contributed by atoms with E-state index in [1.165, 1.54) is 32.6 Å². The highest BCUT2D eigenvalue weighted by Crippen LogP contribution is 2.55. The summed E-state index contributed by atoms with van der Waals surface area (Å²) in [5.41, 5.74) is 4.12. The zero-order chi connectivity index (χ0) is 24.2. The van der Waals surface area contributed by atoms with Crippen LogP contribution in [0, 0.1) is 0 Å². The average Bonchev–Trinajstić information content (AvgIpc) is 2.86. The quantitative estimate of drug-likeness (QED) is 0.161. The first-order valence-corrected chi connectivity index (χ1v) is 14.2. The number of hydrogen-bond donors (Lipinski definition) is 0. The molecule has 0 saturated heterocycles. The van der Waals surface area contributed by atoms with Crippen molar-refractivity contribution < 1.29 is 0 Å². The molecule has 0 fully saturated rings. The molecule has 0 nitrogen and oxygen atoms in total. The Morgan fingerprint density at radius 1 is 0.647 bits per heavy atom. The maximum Gasteiger partial charge on any atom is 0.115 e. The number of allylic oxidation sites excluding steroid dienone is 8. The van der Waals surface area contributed by atoms with Gasteiger partial charge in [-0.25, -0.2) is 0 Å². The van der Waals surface area contributed by atoms with Crippen molar-refractivity contribution in [3.05, 3.63) is 138 Å². The monoisotopic (exact) mass is 465 g/mol. The van der Waals surface area contributed by atoms with Crippen LogP contribution in [0.2, 0.25) is 0 Å². The first-order chi connectivity index (χ1) is 16.5. The van der Waals surface area contributed by atoms with Crippen molar-refractivity contribution in [2.75, 3.05) is 6.16 Å². The molecule has 0 aliphatic rings. The smallest absolute Gasteiger partial charge is 0.0856 e. The molecule has 1 heteroatoms. The SMILES string of the molecule is CC(C)=CCC\C(C)=C/C=C/C(C)=C/C[P+](c1ccccc1)(c1ccccc1)c1ccccc1. The first kappa shape index (κ1) is 25.7. The lowest BCUT2D eigenvalue weighted by Gasteiger charge is -2.26. The minimum absolute atomic E-state index is 1.00. The summed E-state index contributed by atoms with van der Waals surface area (Å²) in [6, 6.07) is 33.3. The molecule has 0 heterocycles. The Kier molecular flexibility index (Phi) is 9.87. The van der Waals surface area contributed by atoms with Gasteiger partial charge in [-0.3, -0.25) is 0 Å². The second kappa shape index (κ2) is 13.1. The standard InChI is InChI=1S/C33H38P/c1-28(2)16-14-17-29(3)18-15-19-30(4)26-27-34(31-20-8-5-9-21-31,32-22-10-6-11-23-32)33-24-12-7-13-25-33/h5-13,15-16,18-26H,14,17,27H2,1-4H3/q+1/b19-15+,29-18-,30-26+. The van der Waals surface area contributed by atoms with Crippen LogP contribution >= 0.6 is 7.26 Å². The summed E-state index contributed by atoms with van der Waals surface area (Å²) in [5.74, 6) is 0. The van der Waals surface area contributed by atoms with E-state index >= 15 is 0 Å². The van der Waals surface area contributed by atoms with Crippen molar-refractivity contribution in [1.82, 2.24) is 0 Å². The zero-order valence-electron chi connectivity index (χ0n) is 21.1. The molecule has 0 spiro atoms. The lowest BCUT2D eigenvalue weighted by atomic mass is 10.1. The van der Waals surface area contributed by atoms with E-state index in [1.54, 1.807) is 0 Å². The molecule has 0 aliphatic heterocycles. The van der Waals surface area contributed by atoms with Crippen LogP contribution in [0.1, 0.15) is 40.5 Å². The molecule has 0 N–H and O–H groups in total. The summed E-state index contributed by atoms with van der Waals surface area (Å²) in [6.07, 6.45) is 14.7. The summed E-state index contributed by atoms with van der Waals surface area (Å²) in [4.78, 5) is 0. The van der Waals surface area contributed by atoms with Crippen molar-refractivity contribution >= 4 is 23.2 Å². The maximum atomic E-state index is 2.43. The van der Waals surface area contributed by atoms with Crippen LogP contribution in [0.4, 0.5) is 0 Å². The van der Waals surface area contributed by atoms with Crippen LogP contribution in [0.5, 0.6) is 0 Å². The number of rotatable bonds is 10. The number of benzene rings is 3. The van der Waals surface area contributed by atoms with Gasteiger partial charge in [-0.2, -0.15) is 0 Å². The molecule has 3 aromatic carbocycles. The van der Waals surface area contributed by atoms with Crippen molar-refractivity contribution in [2.24, 2.45) is 0 Å². The van der Waals surface area contributed by atoms with Crippen molar-refractivity contribution in [3.63, 3.8) is 0 Å². The Morgan fingerprint density at radius 3 is 1.56 bits per heavy atom. The average molecular weight is 466 g/mol. The highest BCUT2D eigenvalue weighted by atomic mass is 31.2. The lowest BCUT2D eigenvalue weighted by Crippen LogP contribution is -2.33. The van der Waals surface area contributed by atoms with Gasteiger partial charge in [-0.1, -0.05) is 95.6 Å². The fourth-order valence-corrected chi connectivity index (χ4v) is 8.33. The second-order valence-electron chi connectivity index (χ2n) is 9.14. The summed E-state index contributed by atoms with van der Waals surface area (Å²) in [7, 11) is -1.81. The van der Waals surface area contributed by atoms with Crippen molar-refractivity contribution in [3.8, 4) is 0 Å². The molecule has 0 amide bonds. The molecular weight excluding hydrogens is 427 g/mol. The third-order valence-electron chi connectivity index (χ3n) is 6.11. The normalized spacial score (nSPS) is 12.7. The van der Waals surface area contributed by atoms with E-state index in [1.807, 2.05) is 0 Å². The fraction of sp³-hybridized carbons (Fsp3) is 0.212. The molecule has 174 valence electrons. The summed E-state index contributed by atoms with van der Waals surface area (Å²) >= 11 is 0. The van der Waals surface area contributed by atoms with Gasteiger partial charge in [0.05, 0.1) is 6.16 Å². The number of hydrogen-bond acceptors (Lipinski definition) is 0. The van der Waals surface area contributed by atoms with E-state index < -0.39 is 7.26 Å². The third kappa shape index (κ3) is 7.02. The Labute approximate surface area is 207 Å². The molecule has 0 atom stereocenters. The molecule has 0 bridgehead atoms. The van der Waals surface area contributed by atoms with Gasteiger partial charge in [0.15, 0.2) is 0 Å². The van der Waals surface area contributed by atoms with Gasteiger partial charge in [0, 0.05) is 0 Å². The molecular formula is C33H38P+. The predicted octanol–water partition coefficient (Wildman–Crippen LogP) is 8.18. The van der Waals surface area contributed by atoms with E-state index in [-0.39, 0.29) is 0 Å². The lowest BCUT2D eigenvalue weighted by molar-refractivity contribution is 0.967. The fourth-order valence-electron chi connectivity index (χ4n) is 4.20. The second-order valence-corrected chi connectivity index (χ2v) is 12.7. The molecule has 3 rings (SSSR count). The van der Waals surface area contributed by atoms with Gasteiger partial charge in [0.2, 0.25) is 0 Å². The van der Waals surface area contributed by atoms with Gasteiger partial charge in [-0.15, -0.1) is 0 Å². The van der Waals surface area contributed by atoms with Gasteiger partial charge < -0.3 is 0 Å². The van der Waals surface area contributed by atoms with E-state index in [4.69, 9.17) is 0 Å². The van der Waals surface area contributed by atoms with E-state index in [2.05, 4.69) is 149 Å². The Bertz CT molecular complexity index is 1030. The third-order valence-corrected chi connectivity index (χ3v) is 10.4. The minimum Gasteiger partial charge on any atom is -0.0856 e. The highest BCUT2D eigenvalue weighted by Gasteiger charge is 2.44. The highest BCUT2D eigenvalue weighted by molar-refractivity contribution is 7.95. The van der Waals surface area contributed by atoms with E-state index in [9.17, 15) is 0 Å². The largest absolute Gasteiger partial charge is 0.115 e. The Morgan fingerprint density at radius 2 is 1.12 bits per heavy atom. The van der Waals surface area contributed by atoms with Crippen LogP contribution in [-0.4, -0.2) is 6.16 Å². The van der Waals surface area contributed by atoms with Gasteiger partial charge in [0.25, 0.3) is 0 Å². The van der Waals surface area contributed by atoms with Crippen LogP contribution in [0.25, 0.3) is 0 Å². The topological polar surface area (TPSA) is 0 Å². The van der Waals surface area contributed by atoms with Crippen molar-refractivity contribution in [1.29, 1.82) is 0 Å². The van der Waals surface area contributed by atoms with Crippen molar-refractivity contribution in [2.45, 2.75) is 40.5 Å². The summed E-state index contributed by atoms with van der Waals surface area (Å²) in [5, 5.41) is 4.28. The summed E-state index contributed by atoms with van der Waals surface area (Å²) in [6.45, 7) is 8.77. The van der Waals surface area contributed by atoms with Crippen LogP contribution in [0.3, 0.4) is 0 Å². The van der Waals surface area contributed by atoms with Gasteiger partial charge in [0.1, 0.15) is 23.2 Å². The molecule has 34 heavy (non-hydrogen) atoms. The molecule has 3 aromatic rings. The van der Waals surface area contributed by atoms with Crippen LogP contribution < -0.4 is 15.9 Å². The Balaban J connectivity index is 1.94. The maximum absolute atomic E-state index is 2.43. The molecule has 0 radical (unpaired) electrons. The predicted molar refractivity (Wildman–Crippen MR) is 155 cm³/mol. The summed E-state index contributed by atoms with van der Waals surface area (Å²) < 4.78 is 0. The molecule has 0 aliphatic carbocycles. The molecule has 0 aromatic heterocycles. The molecule has 0 saturated carbocycles. The zero-order valence-corrected chi connectivity index (χ0v) is 22.0. The first-order valence-electron chi connectivity index (χ1n) is 12.2. The van der Waals surface area contributed by atoms with Gasteiger partial charge >= 0.3 is 0 Å². The van der Waals surface area contributed by atoms with Gasteiger partial charge in [-0.05, 0) is 83.0 Å². The van der Waals surface area contributed by atoms with Crippen LogP contribution in [0.15, 0.2) is 138 Å².